The van der Waals surface area contributed by atoms with Crippen LogP contribution in [0, 0.1) is 5.41 Å². The zero-order valence-electron chi connectivity index (χ0n) is 11.0. The van der Waals surface area contributed by atoms with Crippen LogP contribution in [0.2, 0.25) is 0 Å². The Kier molecular flexibility index (Phi) is 4.51. The molecule has 0 spiro atoms. The van der Waals surface area contributed by atoms with Crippen molar-refractivity contribution in [3.63, 3.8) is 0 Å². The lowest BCUT2D eigenvalue weighted by molar-refractivity contribution is -0.140. The molecule has 0 aromatic heterocycles. The summed E-state index contributed by atoms with van der Waals surface area (Å²) in [6.45, 7) is 7.24. The fourth-order valence-corrected chi connectivity index (χ4v) is 1.99. The van der Waals surface area contributed by atoms with Gasteiger partial charge in [0.1, 0.15) is 0 Å². The Bertz CT molecular complexity index is 289. The fourth-order valence-electron chi connectivity index (χ4n) is 1.99. The van der Waals surface area contributed by atoms with Crippen LogP contribution in [0.15, 0.2) is 0 Å². The van der Waals surface area contributed by atoms with Gasteiger partial charge in [-0.3, -0.25) is 9.59 Å². The molecule has 98 valence electrons. The molecule has 5 nitrogen and oxygen atoms in total. The minimum Gasteiger partial charge on any atom is -0.352 e. The molecule has 0 atom stereocenters. The van der Waals surface area contributed by atoms with Gasteiger partial charge in [-0.15, -0.1) is 0 Å². The van der Waals surface area contributed by atoms with Crippen LogP contribution in [0.1, 0.15) is 33.6 Å². The summed E-state index contributed by atoms with van der Waals surface area (Å²) in [6, 6.07) is 0.162. The van der Waals surface area contributed by atoms with E-state index in [0.717, 1.165) is 12.8 Å². The second-order valence-electron chi connectivity index (χ2n) is 5.59. The number of hydrogen-bond donors (Lipinski definition) is 2. The second kappa shape index (κ2) is 5.49. The first-order valence-corrected chi connectivity index (χ1v) is 6.13. The lowest BCUT2D eigenvalue weighted by Crippen LogP contribution is -2.50. The van der Waals surface area contributed by atoms with Crippen LogP contribution in [0.3, 0.4) is 0 Å². The number of nitrogens with one attached hydrogen (secondary N) is 1. The largest absolute Gasteiger partial charge is 0.352 e. The Morgan fingerprint density at radius 2 is 1.82 bits per heavy atom. The SMILES string of the molecule is CC(C)(C)C(=O)N1CCC(NC(=O)CN)CC1. The number of carbonyl (C=O) groups excluding carboxylic acids is 2. The molecule has 0 aromatic rings. The van der Waals surface area contributed by atoms with Crippen molar-refractivity contribution in [2.24, 2.45) is 11.1 Å². The lowest BCUT2D eigenvalue weighted by atomic mass is 9.93. The average molecular weight is 241 g/mol. The van der Waals surface area contributed by atoms with E-state index in [2.05, 4.69) is 5.32 Å². The monoisotopic (exact) mass is 241 g/mol. The van der Waals surface area contributed by atoms with Crippen LogP contribution in [0.5, 0.6) is 0 Å². The van der Waals surface area contributed by atoms with Crippen molar-refractivity contribution in [3.8, 4) is 0 Å². The molecule has 1 saturated heterocycles. The minimum atomic E-state index is -0.326. The van der Waals surface area contributed by atoms with Crippen molar-refractivity contribution < 1.29 is 9.59 Å². The molecule has 5 heteroatoms. The van der Waals surface area contributed by atoms with Gasteiger partial charge in [0.05, 0.1) is 6.54 Å². The summed E-state index contributed by atoms with van der Waals surface area (Å²) in [6.07, 6.45) is 1.63. The van der Waals surface area contributed by atoms with Crippen molar-refractivity contribution in [1.82, 2.24) is 10.2 Å². The zero-order chi connectivity index (χ0) is 13.1. The van der Waals surface area contributed by atoms with Crippen LogP contribution in [-0.2, 0) is 9.59 Å². The van der Waals surface area contributed by atoms with E-state index in [1.54, 1.807) is 0 Å². The van der Waals surface area contributed by atoms with Crippen LogP contribution in [0.4, 0.5) is 0 Å². The topological polar surface area (TPSA) is 75.4 Å². The summed E-state index contributed by atoms with van der Waals surface area (Å²) in [4.78, 5) is 25.0. The van der Waals surface area contributed by atoms with Crippen LogP contribution in [-0.4, -0.2) is 42.4 Å². The standard InChI is InChI=1S/C12H23N3O2/c1-12(2,3)11(17)15-6-4-9(5-7-15)14-10(16)8-13/h9H,4-8,13H2,1-3H3,(H,14,16). The van der Waals surface area contributed by atoms with E-state index in [4.69, 9.17) is 5.73 Å². The third kappa shape index (κ3) is 4.00. The molecule has 1 aliphatic rings. The molecule has 1 heterocycles. The van der Waals surface area contributed by atoms with Gasteiger partial charge in [0.25, 0.3) is 0 Å². The summed E-state index contributed by atoms with van der Waals surface area (Å²) >= 11 is 0. The van der Waals surface area contributed by atoms with Gasteiger partial charge in [-0.1, -0.05) is 20.8 Å². The highest BCUT2D eigenvalue weighted by atomic mass is 16.2. The van der Waals surface area contributed by atoms with Crippen molar-refractivity contribution >= 4 is 11.8 Å². The number of amides is 2. The van der Waals surface area contributed by atoms with E-state index >= 15 is 0 Å². The molecule has 1 aliphatic heterocycles. The van der Waals surface area contributed by atoms with E-state index in [1.807, 2.05) is 25.7 Å². The third-order valence-electron chi connectivity index (χ3n) is 2.97. The van der Waals surface area contributed by atoms with E-state index in [-0.39, 0.29) is 29.8 Å². The summed E-state index contributed by atoms with van der Waals surface area (Å²) < 4.78 is 0. The number of nitrogens with zero attached hydrogens (tertiary/aromatic N) is 1. The Morgan fingerprint density at radius 1 is 1.29 bits per heavy atom. The number of likely N-dealkylation sites (tertiary alicyclic amines) is 1. The molecule has 1 rings (SSSR count). The second-order valence-corrected chi connectivity index (χ2v) is 5.59. The van der Waals surface area contributed by atoms with Crippen molar-refractivity contribution in [3.05, 3.63) is 0 Å². The Hall–Kier alpha value is -1.10. The Balaban J connectivity index is 2.41. The number of rotatable bonds is 2. The highest BCUT2D eigenvalue weighted by Crippen LogP contribution is 2.20. The van der Waals surface area contributed by atoms with Gasteiger partial charge in [-0.2, -0.15) is 0 Å². The normalized spacial score (nSPS) is 18.0. The van der Waals surface area contributed by atoms with Gasteiger partial charge in [0.2, 0.25) is 11.8 Å². The Labute approximate surface area is 103 Å². The van der Waals surface area contributed by atoms with Gasteiger partial charge < -0.3 is 16.0 Å². The quantitative estimate of drug-likeness (QED) is 0.720. The minimum absolute atomic E-state index is 0.0289. The summed E-state index contributed by atoms with van der Waals surface area (Å²) in [5.74, 6) is 0.0618. The highest BCUT2D eigenvalue weighted by Gasteiger charge is 2.30. The number of nitrogens with two attached hydrogens (primary N) is 1. The maximum absolute atomic E-state index is 12.0. The summed E-state index contributed by atoms with van der Waals surface area (Å²) in [5, 5.41) is 2.86. The highest BCUT2D eigenvalue weighted by molar-refractivity contribution is 5.81. The first kappa shape index (κ1) is 14.0. The molecule has 0 unspecified atom stereocenters. The van der Waals surface area contributed by atoms with Gasteiger partial charge in [-0.25, -0.2) is 0 Å². The molecule has 0 bridgehead atoms. The molecule has 0 saturated carbocycles. The van der Waals surface area contributed by atoms with Crippen LogP contribution in [0.25, 0.3) is 0 Å². The predicted octanol–water partition coefficient (Wildman–Crippen LogP) is 0.0984. The molecule has 0 aromatic carbocycles. The molecule has 17 heavy (non-hydrogen) atoms. The summed E-state index contributed by atoms with van der Waals surface area (Å²) in [7, 11) is 0. The molecule has 3 N–H and O–H groups in total. The first-order valence-electron chi connectivity index (χ1n) is 6.13. The lowest BCUT2D eigenvalue weighted by Gasteiger charge is -2.35. The van der Waals surface area contributed by atoms with Crippen LogP contribution >= 0.6 is 0 Å². The van der Waals surface area contributed by atoms with E-state index < -0.39 is 0 Å². The van der Waals surface area contributed by atoms with Crippen molar-refractivity contribution in [1.29, 1.82) is 0 Å². The summed E-state index contributed by atoms with van der Waals surface area (Å²) in [5.41, 5.74) is 4.92. The molecule has 1 fully saturated rings. The van der Waals surface area contributed by atoms with Gasteiger partial charge in [0, 0.05) is 24.5 Å². The smallest absolute Gasteiger partial charge is 0.233 e. The molecular weight excluding hydrogens is 218 g/mol. The van der Waals surface area contributed by atoms with Crippen molar-refractivity contribution in [2.45, 2.75) is 39.7 Å². The fraction of sp³-hybridized carbons (Fsp3) is 0.833. The van der Waals surface area contributed by atoms with E-state index in [1.165, 1.54) is 0 Å². The maximum atomic E-state index is 12.0. The van der Waals surface area contributed by atoms with Gasteiger partial charge >= 0.3 is 0 Å². The van der Waals surface area contributed by atoms with E-state index in [0.29, 0.717) is 13.1 Å². The first-order chi connectivity index (χ1) is 7.84. The van der Waals surface area contributed by atoms with Gasteiger partial charge in [-0.05, 0) is 12.8 Å². The molecule has 2 amide bonds. The predicted molar refractivity (Wildman–Crippen MR) is 66.3 cm³/mol. The average Bonchev–Trinajstić information content (AvgIpc) is 2.27. The number of carbonyl (C=O) groups is 2. The number of piperidine rings is 1. The number of hydrogen-bond acceptors (Lipinski definition) is 3. The van der Waals surface area contributed by atoms with Crippen molar-refractivity contribution in [2.75, 3.05) is 19.6 Å². The zero-order valence-corrected chi connectivity index (χ0v) is 11.0. The molecule has 0 radical (unpaired) electrons. The molecular formula is C12H23N3O2. The van der Waals surface area contributed by atoms with Gasteiger partial charge in [0.15, 0.2) is 0 Å². The maximum Gasteiger partial charge on any atom is 0.233 e. The third-order valence-corrected chi connectivity index (χ3v) is 2.97. The van der Waals surface area contributed by atoms with E-state index in [9.17, 15) is 9.59 Å². The molecule has 0 aliphatic carbocycles. The Morgan fingerprint density at radius 3 is 2.24 bits per heavy atom. The van der Waals surface area contributed by atoms with Crippen LogP contribution < -0.4 is 11.1 Å².